The minimum absolute atomic E-state index is 0.147. The van der Waals surface area contributed by atoms with E-state index in [2.05, 4.69) is 10.3 Å². The van der Waals surface area contributed by atoms with Gasteiger partial charge in [-0.25, -0.2) is 4.98 Å². The first-order chi connectivity index (χ1) is 13.0. The molecular weight excluding hydrogens is 389 g/mol. The van der Waals surface area contributed by atoms with E-state index >= 15 is 0 Å². The molecule has 0 saturated heterocycles. The minimum atomic E-state index is -0.369. The largest absolute Gasteiger partial charge is 0.493 e. The number of nitrogens with one attached hydrogen (secondary N) is 1. The number of carbonyl (C=O) groups is 1. The molecule has 4 rings (SSSR count). The second-order valence-electron chi connectivity index (χ2n) is 6.26. The zero-order chi connectivity index (χ0) is 19.0. The van der Waals surface area contributed by atoms with Crippen LogP contribution in [0.4, 0.5) is 0 Å². The molecule has 1 unspecified atom stereocenters. The number of nitrogens with zero attached hydrogens (tertiary/aromatic N) is 2. The van der Waals surface area contributed by atoms with Gasteiger partial charge in [0, 0.05) is 17.0 Å². The third-order valence-electron chi connectivity index (χ3n) is 4.45. The Morgan fingerprint density at radius 2 is 2.11 bits per heavy atom. The fourth-order valence-corrected chi connectivity index (χ4v) is 3.74. The van der Waals surface area contributed by atoms with Crippen molar-refractivity contribution in [1.82, 2.24) is 14.9 Å². The molecule has 8 heteroatoms. The predicted molar refractivity (Wildman–Crippen MR) is 103 cm³/mol. The Balaban J connectivity index is 1.57. The van der Waals surface area contributed by atoms with Crippen LogP contribution in [0.5, 0.6) is 5.75 Å². The summed E-state index contributed by atoms with van der Waals surface area (Å²) in [4.78, 5) is 29.4. The second kappa shape index (κ2) is 7.21. The molecule has 1 N–H and O–H groups in total. The minimum Gasteiger partial charge on any atom is -0.493 e. The molecule has 6 nitrogen and oxygen atoms in total. The third kappa shape index (κ3) is 3.50. The summed E-state index contributed by atoms with van der Waals surface area (Å²) in [5.41, 5.74) is 0.924. The number of ether oxygens (including phenoxy) is 1. The maximum atomic E-state index is 12.7. The smallest absolute Gasteiger partial charge is 0.261 e. The summed E-state index contributed by atoms with van der Waals surface area (Å²) in [5, 5.41) is 3.88. The van der Waals surface area contributed by atoms with E-state index in [-0.39, 0.29) is 29.4 Å². The number of carbonyl (C=O) groups excluding carboxylic acids is 1. The summed E-state index contributed by atoms with van der Waals surface area (Å²) in [5.74, 6) is 0.482. The standard InChI is InChI=1S/C19H15Cl2N3O3/c20-11-7-13-18(14(21)8-11)22-10-24(19(13)26)9-17(25)23-15-5-6-27-16-4-2-1-3-12(15)16/h1-4,7-8,10,15H,5-6,9H2,(H,23,25). The summed E-state index contributed by atoms with van der Waals surface area (Å²) in [6.07, 6.45) is 1.99. The fourth-order valence-electron chi connectivity index (χ4n) is 3.19. The van der Waals surface area contributed by atoms with E-state index in [4.69, 9.17) is 27.9 Å². The van der Waals surface area contributed by atoms with Gasteiger partial charge in [0.15, 0.2) is 0 Å². The second-order valence-corrected chi connectivity index (χ2v) is 7.10. The van der Waals surface area contributed by atoms with E-state index in [1.165, 1.54) is 23.0 Å². The van der Waals surface area contributed by atoms with Gasteiger partial charge in [0.1, 0.15) is 12.3 Å². The first-order valence-corrected chi connectivity index (χ1v) is 9.14. The molecule has 2 heterocycles. The number of rotatable bonds is 3. The maximum Gasteiger partial charge on any atom is 0.261 e. The first kappa shape index (κ1) is 17.8. The van der Waals surface area contributed by atoms with Crippen LogP contribution >= 0.6 is 23.2 Å². The van der Waals surface area contributed by atoms with Crippen LogP contribution in [0.3, 0.4) is 0 Å². The Morgan fingerprint density at radius 3 is 2.96 bits per heavy atom. The average molecular weight is 404 g/mol. The number of hydrogen-bond acceptors (Lipinski definition) is 4. The van der Waals surface area contributed by atoms with Crippen LogP contribution in [0.25, 0.3) is 10.9 Å². The molecule has 138 valence electrons. The van der Waals surface area contributed by atoms with Crippen LogP contribution in [0.1, 0.15) is 18.0 Å². The Morgan fingerprint density at radius 1 is 1.30 bits per heavy atom. The van der Waals surface area contributed by atoms with Crippen molar-refractivity contribution in [1.29, 1.82) is 0 Å². The number of hydrogen-bond donors (Lipinski definition) is 1. The number of para-hydroxylation sites is 1. The van der Waals surface area contributed by atoms with E-state index < -0.39 is 0 Å². The van der Waals surface area contributed by atoms with Crippen molar-refractivity contribution in [2.75, 3.05) is 6.61 Å². The van der Waals surface area contributed by atoms with Gasteiger partial charge in [0.05, 0.1) is 34.9 Å². The molecule has 0 bridgehead atoms. The lowest BCUT2D eigenvalue weighted by atomic mass is 10.0. The molecule has 0 aliphatic carbocycles. The SMILES string of the molecule is O=C(Cn1cnc2c(Cl)cc(Cl)cc2c1=O)NC1CCOc2ccccc21. The fraction of sp³-hybridized carbons (Fsp3) is 0.211. The topological polar surface area (TPSA) is 73.2 Å². The van der Waals surface area contributed by atoms with Crippen LogP contribution in [0.15, 0.2) is 47.5 Å². The van der Waals surface area contributed by atoms with E-state index in [0.29, 0.717) is 28.6 Å². The lowest BCUT2D eigenvalue weighted by molar-refractivity contribution is -0.122. The predicted octanol–water partition coefficient (Wildman–Crippen LogP) is 3.34. The van der Waals surface area contributed by atoms with E-state index in [1.54, 1.807) is 0 Å². The van der Waals surface area contributed by atoms with Crippen LogP contribution in [0, 0.1) is 0 Å². The summed E-state index contributed by atoms with van der Waals surface area (Å²) < 4.78 is 6.85. The number of halogens is 2. The first-order valence-electron chi connectivity index (χ1n) is 8.38. The molecule has 27 heavy (non-hydrogen) atoms. The molecule has 3 aromatic rings. The van der Waals surface area contributed by atoms with Crippen molar-refractivity contribution in [2.45, 2.75) is 19.0 Å². The Kier molecular flexibility index (Phi) is 4.76. The van der Waals surface area contributed by atoms with Crippen LogP contribution < -0.4 is 15.6 Å². The molecule has 1 aliphatic rings. The Labute approximate surface area is 164 Å². The maximum absolute atomic E-state index is 12.7. The third-order valence-corrected chi connectivity index (χ3v) is 4.96. The van der Waals surface area contributed by atoms with Crippen LogP contribution in [-0.4, -0.2) is 22.1 Å². The summed E-state index contributed by atoms with van der Waals surface area (Å²) in [6.45, 7) is 0.377. The quantitative estimate of drug-likeness (QED) is 0.727. The van der Waals surface area contributed by atoms with Gasteiger partial charge in [0.25, 0.3) is 5.56 Å². The van der Waals surface area contributed by atoms with Crippen LogP contribution in [0.2, 0.25) is 10.0 Å². The average Bonchev–Trinajstić information content (AvgIpc) is 2.65. The zero-order valence-electron chi connectivity index (χ0n) is 14.1. The van der Waals surface area contributed by atoms with E-state index in [1.807, 2.05) is 24.3 Å². The summed E-state index contributed by atoms with van der Waals surface area (Å²) in [6, 6.07) is 10.5. The number of fused-ring (bicyclic) bond motifs is 2. The molecule has 1 amide bonds. The van der Waals surface area contributed by atoms with E-state index in [9.17, 15) is 9.59 Å². The number of aromatic nitrogens is 2. The molecular formula is C19H15Cl2N3O3. The monoisotopic (exact) mass is 403 g/mol. The summed E-state index contributed by atoms with van der Waals surface area (Å²) in [7, 11) is 0. The number of amides is 1. The van der Waals surface area contributed by atoms with Crippen molar-refractivity contribution in [3.05, 3.63) is 68.7 Å². The molecule has 0 saturated carbocycles. The highest BCUT2D eigenvalue weighted by atomic mass is 35.5. The highest BCUT2D eigenvalue weighted by Gasteiger charge is 2.23. The molecule has 0 fully saturated rings. The number of benzene rings is 2. The normalized spacial score (nSPS) is 15.9. The lowest BCUT2D eigenvalue weighted by Gasteiger charge is -2.26. The highest BCUT2D eigenvalue weighted by Crippen LogP contribution is 2.31. The van der Waals surface area contributed by atoms with E-state index in [0.717, 1.165) is 11.3 Å². The van der Waals surface area contributed by atoms with Crippen LogP contribution in [-0.2, 0) is 11.3 Å². The van der Waals surface area contributed by atoms with Crippen molar-refractivity contribution >= 4 is 40.0 Å². The van der Waals surface area contributed by atoms with Crippen molar-refractivity contribution in [3.63, 3.8) is 0 Å². The zero-order valence-corrected chi connectivity index (χ0v) is 15.6. The van der Waals surface area contributed by atoms with Gasteiger partial charge in [-0.05, 0) is 18.2 Å². The van der Waals surface area contributed by atoms with Crippen molar-refractivity contribution in [2.24, 2.45) is 0 Å². The van der Waals surface area contributed by atoms with Crippen molar-refractivity contribution in [3.8, 4) is 5.75 Å². The Bertz CT molecular complexity index is 1100. The molecule has 0 spiro atoms. The molecule has 2 aromatic carbocycles. The molecule has 1 aliphatic heterocycles. The van der Waals surface area contributed by atoms with Gasteiger partial charge >= 0.3 is 0 Å². The Hall–Kier alpha value is -2.57. The summed E-state index contributed by atoms with van der Waals surface area (Å²) >= 11 is 12.1. The van der Waals surface area contributed by atoms with Gasteiger partial charge in [-0.1, -0.05) is 41.4 Å². The molecule has 0 radical (unpaired) electrons. The van der Waals surface area contributed by atoms with Gasteiger partial charge in [-0.3, -0.25) is 14.2 Å². The van der Waals surface area contributed by atoms with Crippen molar-refractivity contribution < 1.29 is 9.53 Å². The highest BCUT2D eigenvalue weighted by molar-refractivity contribution is 6.38. The van der Waals surface area contributed by atoms with Gasteiger partial charge in [0.2, 0.25) is 5.91 Å². The molecule has 1 aromatic heterocycles. The molecule has 1 atom stereocenters. The lowest BCUT2D eigenvalue weighted by Crippen LogP contribution is -2.36. The van der Waals surface area contributed by atoms with Gasteiger partial charge in [-0.2, -0.15) is 0 Å². The van der Waals surface area contributed by atoms with Gasteiger partial charge in [-0.15, -0.1) is 0 Å². The van der Waals surface area contributed by atoms with Gasteiger partial charge < -0.3 is 10.1 Å².